The van der Waals surface area contributed by atoms with Gasteiger partial charge in [0.1, 0.15) is 28.2 Å². The Morgan fingerprint density at radius 3 is 1.15 bits per heavy atom. The van der Waals surface area contributed by atoms with Crippen LogP contribution in [0.2, 0.25) is 0 Å². The topological polar surface area (TPSA) is 202 Å². The number of imide groups is 2. The van der Waals surface area contributed by atoms with Crippen molar-refractivity contribution in [3.63, 3.8) is 0 Å². The Hall–Kier alpha value is -4.46. The number of carbonyl (C=O) groups excluding carboxylic acids is 5. The van der Waals surface area contributed by atoms with Gasteiger partial charge in [0.05, 0.1) is 23.1 Å². The third-order valence-corrected chi connectivity index (χ3v) is 5.57. The standard InChI is InChI=1S/C18H27N3O5.C16H22BrN3O5.BHNS/c1-9-24-12(2)13-10-19-14(20-11-13)21(15(22)25-17(3,4)5)16(23)26-18(6,7)8;1-15(2,3)24-13(22)20(14(23)25-16(4,5)6)12-18-8-10(9-19-12)11(21)7-17;1-2-3/h10-11H,2,9H2,1,3-8H3;8-9H,7H2,1-6H3;3H. The molecule has 0 fully saturated rings. The Morgan fingerprint density at radius 2 is 0.926 bits per heavy atom. The molecular weight excluding hydrogens is 789 g/mol. The van der Waals surface area contributed by atoms with E-state index in [0.29, 0.717) is 27.7 Å². The van der Waals surface area contributed by atoms with Crippen molar-refractivity contribution >= 4 is 84.2 Å². The van der Waals surface area contributed by atoms with Crippen LogP contribution in [0.3, 0.4) is 0 Å². The molecule has 17 nitrogen and oxygen atoms in total. The number of amides is 4. The van der Waals surface area contributed by atoms with Gasteiger partial charge in [-0.2, -0.15) is 0 Å². The molecule has 2 aromatic rings. The number of Topliss-reactive ketones (excluding diaryl/α,β-unsaturated/α-hetero) is 1. The van der Waals surface area contributed by atoms with E-state index < -0.39 is 46.8 Å². The van der Waals surface area contributed by atoms with Crippen molar-refractivity contribution in [1.29, 1.82) is 0 Å². The number of hydrogen-bond acceptors (Lipinski definition) is 16. The summed E-state index contributed by atoms with van der Waals surface area (Å²) in [5.41, 5.74) is -2.49. The van der Waals surface area contributed by atoms with Gasteiger partial charge in [-0.1, -0.05) is 22.5 Å². The number of carbonyl (C=O) groups is 5. The first kappa shape index (κ1) is 49.5. The van der Waals surface area contributed by atoms with Gasteiger partial charge in [0.15, 0.2) is 5.78 Å². The zero-order chi connectivity index (χ0) is 42.2. The van der Waals surface area contributed by atoms with Gasteiger partial charge in [-0.3, -0.25) is 4.79 Å². The molecule has 20 heteroatoms. The third-order valence-electron chi connectivity index (χ3n) is 5.06. The molecule has 1 radical (unpaired) electrons. The van der Waals surface area contributed by atoms with Crippen molar-refractivity contribution in [2.24, 2.45) is 4.30 Å². The van der Waals surface area contributed by atoms with Gasteiger partial charge in [0, 0.05) is 24.8 Å². The first-order valence-corrected chi connectivity index (χ1v) is 17.7. The van der Waals surface area contributed by atoms with Crippen LogP contribution in [0.25, 0.3) is 5.76 Å². The van der Waals surface area contributed by atoms with Gasteiger partial charge in [-0.25, -0.2) is 39.1 Å². The summed E-state index contributed by atoms with van der Waals surface area (Å²) in [6, 6.07) is 0. The number of alkyl halides is 1. The number of halogens is 1. The van der Waals surface area contributed by atoms with Crippen molar-refractivity contribution in [1.82, 2.24) is 19.9 Å². The predicted molar refractivity (Wildman–Crippen MR) is 210 cm³/mol. The van der Waals surface area contributed by atoms with Crippen LogP contribution >= 0.6 is 28.7 Å². The van der Waals surface area contributed by atoms with Gasteiger partial charge < -0.3 is 23.7 Å². The number of ketones is 1. The van der Waals surface area contributed by atoms with E-state index in [0.717, 1.165) is 0 Å². The maximum absolute atomic E-state index is 12.5. The number of thiol groups is 1. The van der Waals surface area contributed by atoms with Crippen LogP contribution in [-0.2, 0) is 23.7 Å². The van der Waals surface area contributed by atoms with Gasteiger partial charge in [0.25, 0.3) is 0 Å². The number of rotatable bonds is 7. The summed E-state index contributed by atoms with van der Waals surface area (Å²) in [7, 11) is 4.34. The zero-order valence-electron chi connectivity index (χ0n) is 33.0. The summed E-state index contributed by atoms with van der Waals surface area (Å²) in [6.45, 7) is 26.1. The Balaban J connectivity index is 0.000000970. The van der Waals surface area contributed by atoms with E-state index in [9.17, 15) is 24.0 Å². The molecule has 0 atom stereocenters. The molecule has 0 aliphatic carbocycles. The van der Waals surface area contributed by atoms with Crippen molar-refractivity contribution in [3.05, 3.63) is 42.5 Å². The van der Waals surface area contributed by atoms with Gasteiger partial charge >= 0.3 is 49.1 Å². The van der Waals surface area contributed by atoms with Crippen LogP contribution in [0, 0.1) is 0 Å². The Bertz CT molecular complexity index is 1550. The number of anilines is 2. The first-order valence-electron chi connectivity index (χ1n) is 16.2. The van der Waals surface area contributed by atoms with E-state index in [1.807, 2.05) is 6.92 Å². The molecule has 4 amide bonds. The van der Waals surface area contributed by atoms with Crippen LogP contribution in [0.4, 0.5) is 31.1 Å². The van der Waals surface area contributed by atoms with Crippen molar-refractivity contribution < 1.29 is 47.7 Å². The van der Waals surface area contributed by atoms with E-state index in [4.69, 9.17) is 23.7 Å². The van der Waals surface area contributed by atoms with Crippen LogP contribution in [-0.4, -0.2) is 92.1 Å². The van der Waals surface area contributed by atoms with E-state index in [1.54, 1.807) is 83.1 Å². The fraction of sp³-hybridized carbons (Fsp3) is 0.559. The molecule has 0 spiro atoms. The summed E-state index contributed by atoms with van der Waals surface area (Å²) in [5, 5.41) is 0.109. The Kier molecular flexibility index (Phi) is 19.7. The average Bonchev–Trinajstić information content (AvgIpc) is 2.99. The molecular formula is C34H50BBrN7O10S. The predicted octanol–water partition coefficient (Wildman–Crippen LogP) is 8.07. The number of ether oxygens (including phenoxy) is 5. The van der Waals surface area contributed by atoms with E-state index >= 15 is 0 Å². The number of aromatic nitrogens is 4. The second kappa shape index (κ2) is 21.4. The summed E-state index contributed by atoms with van der Waals surface area (Å²) < 4.78 is 29.0. The fourth-order valence-electron chi connectivity index (χ4n) is 3.20. The number of nitrogens with zero attached hydrogens (tertiary/aromatic N) is 7. The fourth-order valence-corrected chi connectivity index (χ4v) is 3.53. The second-order valence-electron chi connectivity index (χ2n) is 14.7. The van der Waals surface area contributed by atoms with E-state index in [-0.39, 0.29) is 28.6 Å². The van der Waals surface area contributed by atoms with Crippen molar-refractivity contribution in [2.75, 3.05) is 21.7 Å². The minimum atomic E-state index is -0.971. The molecule has 2 heterocycles. The molecule has 0 bridgehead atoms. The maximum atomic E-state index is 12.5. The molecule has 0 aliphatic rings. The van der Waals surface area contributed by atoms with Crippen LogP contribution in [0.15, 0.2) is 35.7 Å². The molecule has 297 valence electrons. The molecule has 54 heavy (non-hydrogen) atoms. The molecule has 2 rings (SSSR count). The van der Waals surface area contributed by atoms with E-state index in [1.165, 1.54) is 24.8 Å². The molecule has 2 aromatic heterocycles. The molecule has 0 unspecified atom stereocenters. The quantitative estimate of drug-likeness (QED) is 0.0700. The van der Waals surface area contributed by atoms with Gasteiger partial charge in [-0.05, 0) is 90.0 Å². The Morgan fingerprint density at radius 1 is 0.667 bits per heavy atom. The summed E-state index contributed by atoms with van der Waals surface area (Å²) >= 11 is 6.24. The summed E-state index contributed by atoms with van der Waals surface area (Å²) in [5.74, 6) is -0.246. The van der Waals surface area contributed by atoms with Crippen LogP contribution in [0.1, 0.15) is 106 Å². The van der Waals surface area contributed by atoms with Crippen molar-refractivity contribution in [2.45, 2.75) is 112 Å². The minimum absolute atomic E-state index is 0.109. The normalized spacial score (nSPS) is 11.1. The molecule has 0 aliphatic heterocycles. The van der Waals surface area contributed by atoms with E-state index in [2.05, 4.69) is 67.2 Å². The van der Waals surface area contributed by atoms with Gasteiger partial charge in [0.2, 0.25) is 11.9 Å². The molecule has 0 saturated carbocycles. The molecule has 0 aromatic carbocycles. The first-order chi connectivity index (χ1) is 24.6. The van der Waals surface area contributed by atoms with Crippen LogP contribution < -0.4 is 9.80 Å². The Labute approximate surface area is 331 Å². The average molecular weight is 840 g/mol. The second-order valence-corrected chi connectivity index (χ2v) is 15.5. The number of hydrogen-bond donors (Lipinski definition) is 1. The summed E-state index contributed by atoms with van der Waals surface area (Å²) in [4.78, 5) is 78.6. The monoisotopic (exact) mass is 838 g/mol. The zero-order valence-corrected chi connectivity index (χ0v) is 35.5. The third kappa shape index (κ3) is 19.6. The van der Waals surface area contributed by atoms with Gasteiger partial charge in [-0.15, -0.1) is 9.80 Å². The SMILES string of the molecule is C=C(OCC)c1cnc(N(C(=O)OC(C)(C)C)C(=O)OC(C)(C)C)nc1.CC(C)(C)OC(=O)N(C(=O)OC(C)(C)C)c1ncc(C(=O)CBr)cn1.[B]=NS. The van der Waals surface area contributed by atoms with Crippen molar-refractivity contribution in [3.8, 4) is 0 Å². The molecule has 0 saturated heterocycles. The van der Waals surface area contributed by atoms with Crippen LogP contribution in [0.5, 0.6) is 0 Å². The molecule has 0 N–H and O–H groups in total. The summed E-state index contributed by atoms with van der Waals surface area (Å²) in [6.07, 6.45) is 1.47.